The Hall–Kier alpha value is -1.35. The summed E-state index contributed by atoms with van der Waals surface area (Å²) in [6, 6.07) is 6.25. The van der Waals surface area contributed by atoms with Crippen molar-refractivity contribution < 1.29 is 9.90 Å². The van der Waals surface area contributed by atoms with Gasteiger partial charge in [0.05, 0.1) is 0 Å². The van der Waals surface area contributed by atoms with Gasteiger partial charge in [-0.1, -0.05) is 35.7 Å². The van der Waals surface area contributed by atoms with E-state index >= 15 is 0 Å². The third kappa shape index (κ3) is 2.47. The van der Waals surface area contributed by atoms with Gasteiger partial charge in [-0.2, -0.15) is 0 Å². The van der Waals surface area contributed by atoms with Crippen LogP contribution in [0.3, 0.4) is 0 Å². The highest BCUT2D eigenvalue weighted by Crippen LogP contribution is 2.42. The molecule has 1 heterocycles. The zero-order chi connectivity index (χ0) is 14.3. The van der Waals surface area contributed by atoms with E-state index in [9.17, 15) is 9.90 Å². The van der Waals surface area contributed by atoms with Crippen LogP contribution in [0.4, 0.5) is 0 Å². The SMILES string of the molecule is Cc1cc(C)cc(CN2CC3CCCC3C2C(=O)O)c1. The summed E-state index contributed by atoms with van der Waals surface area (Å²) < 4.78 is 0. The van der Waals surface area contributed by atoms with Crippen LogP contribution in [-0.2, 0) is 11.3 Å². The van der Waals surface area contributed by atoms with Crippen molar-refractivity contribution in [3.8, 4) is 0 Å². The van der Waals surface area contributed by atoms with Gasteiger partial charge >= 0.3 is 5.97 Å². The topological polar surface area (TPSA) is 40.5 Å². The van der Waals surface area contributed by atoms with E-state index < -0.39 is 5.97 Å². The molecule has 3 atom stereocenters. The van der Waals surface area contributed by atoms with E-state index in [1.54, 1.807) is 0 Å². The molecule has 0 aromatic heterocycles. The van der Waals surface area contributed by atoms with E-state index in [1.807, 2.05) is 0 Å². The summed E-state index contributed by atoms with van der Waals surface area (Å²) in [6.45, 7) is 5.93. The maximum Gasteiger partial charge on any atom is 0.321 e. The van der Waals surface area contributed by atoms with Crippen molar-refractivity contribution in [1.29, 1.82) is 0 Å². The van der Waals surface area contributed by atoms with Crippen molar-refractivity contribution in [3.63, 3.8) is 0 Å². The molecule has 1 N–H and O–H groups in total. The first kappa shape index (κ1) is 13.6. The van der Waals surface area contributed by atoms with Crippen LogP contribution in [0.1, 0.15) is 36.0 Å². The average Bonchev–Trinajstić information content (AvgIpc) is 2.86. The summed E-state index contributed by atoms with van der Waals surface area (Å²) >= 11 is 0. The molecule has 1 aromatic rings. The van der Waals surface area contributed by atoms with Crippen molar-refractivity contribution in [2.45, 2.75) is 45.7 Å². The van der Waals surface area contributed by atoms with Gasteiger partial charge in [-0.25, -0.2) is 0 Å². The molecule has 1 saturated carbocycles. The predicted molar refractivity (Wildman–Crippen MR) is 78.6 cm³/mol. The summed E-state index contributed by atoms with van der Waals surface area (Å²) in [5.41, 5.74) is 3.76. The van der Waals surface area contributed by atoms with Gasteiger partial charge in [0.15, 0.2) is 0 Å². The standard InChI is InChI=1S/C17H23NO2/c1-11-6-12(2)8-13(7-11)9-18-10-14-4-3-5-15(14)16(18)17(19)20/h6-8,14-16H,3-5,9-10H2,1-2H3,(H,19,20). The maximum absolute atomic E-state index is 11.6. The zero-order valence-electron chi connectivity index (χ0n) is 12.3. The Morgan fingerprint density at radius 3 is 2.60 bits per heavy atom. The van der Waals surface area contributed by atoms with Crippen LogP contribution in [0.25, 0.3) is 0 Å². The number of benzene rings is 1. The van der Waals surface area contributed by atoms with Gasteiger partial charge in [0.2, 0.25) is 0 Å². The Balaban J connectivity index is 1.81. The van der Waals surface area contributed by atoms with E-state index in [4.69, 9.17) is 0 Å². The highest BCUT2D eigenvalue weighted by Gasteiger charge is 2.47. The molecule has 20 heavy (non-hydrogen) atoms. The average molecular weight is 273 g/mol. The largest absolute Gasteiger partial charge is 0.480 e. The normalized spacial score (nSPS) is 29.6. The lowest BCUT2D eigenvalue weighted by Crippen LogP contribution is -2.39. The summed E-state index contributed by atoms with van der Waals surface area (Å²) in [7, 11) is 0. The molecule has 1 aromatic carbocycles. The molecule has 0 bridgehead atoms. The van der Waals surface area contributed by atoms with E-state index in [0.717, 1.165) is 19.5 Å². The zero-order valence-corrected chi connectivity index (χ0v) is 12.3. The molecule has 2 fully saturated rings. The van der Waals surface area contributed by atoms with E-state index in [2.05, 4.69) is 36.9 Å². The van der Waals surface area contributed by atoms with Crippen LogP contribution in [0.15, 0.2) is 18.2 Å². The van der Waals surface area contributed by atoms with Crippen LogP contribution < -0.4 is 0 Å². The van der Waals surface area contributed by atoms with Crippen LogP contribution >= 0.6 is 0 Å². The Bertz CT molecular complexity index is 505. The number of carbonyl (C=O) groups is 1. The second kappa shape index (κ2) is 5.21. The first-order chi connectivity index (χ1) is 9.54. The number of aryl methyl sites for hydroxylation is 2. The number of carboxylic acids is 1. The molecule has 1 aliphatic carbocycles. The molecule has 0 radical (unpaired) electrons. The molecule has 0 amide bonds. The Morgan fingerprint density at radius 2 is 1.95 bits per heavy atom. The summed E-state index contributed by atoms with van der Waals surface area (Å²) in [4.78, 5) is 13.8. The first-order valence-electron chi connectivity index (χ1n) is 7.58. The van der Waals surface area contributed by atoms with Crippen molar-refractivity contribution in [2.75, 3.05) is 6.54 Å². The number of fused-ring (bicyclic) bond motifs is 1. The fourth-order valence-corrected chi connectivity index (χ4v) is 4.29. The highest BCUT2D eigenvalue weighted by atomic mass is 16.4. The lowest BCUT2D eigenvalue weighted by atomic mass is 9.94. The predicted octanol–water partition coefficient (Wildman–Crippen LogP) is 2.99. The molecule has 1 saturated heterocycles. The summed E-state index contributed by atoms with van der Waals surface area (Å²) in [5, 5.41) is 9.58. The van der Waals surface area contributed by atoms with Gasteiger partial charge < -0.3 is 5.11 Å². The second-order valence-corrected chi connectivity index (χ2v) is 6.56. The molecule has 108 valence electrons. The van der Waals surface area contributed by atoms with Crippen LogP contribution in [0.2, 0.25) is 0 Å². The summed E-state index contributed by atoms with van der Waals surface area (Å²) in [6.07, 6.45) is 3.50. The fraction of sp³-hybridized carbons (Fsp3) is 0.588. The molecule has 2 aliphatic rings. The molecule has 1 aliphatic heterocycles. The molecular weight excluding hydrogens is 250 g/mol. The summed E-state index contributed by atoms with van der Waals surface area (Å²) in [5.74, 6) is 0.337. The number of hydrogen-bond donors (Lipinski definition) is 1. The monoisotopic (exact) mass is 273 g/mol. The Labute approximate surface area is 120 Å². The Kier molecular flexibility index (Phi) is 3.55. The lowest BCUT2D eigenvalue weighted by Gasteiger charge is -2.24. The van der Waals surface area contributed by atoms with Crippen molar-refractivity contribution >= 4 is 5.97 Å². The van der Waals surface area contributed by atoms with Crippen molar-refractivity contribution in [1.82, 2.24) is 4.90 Å². The molecule has 3 nitrogen and oxygen atoms in total. The molecule has 3 heteroatoms. The van der Waals surface area contributed by atoms with Crippen LogP contribution in [-0.4, -0.2) is 28.6 Å². The van der Waals surface area contributed by atoms with Gasteiger partial charge in [-0.3, -0.25) is 9.69 Å². The smallest absolute Gasteiger partial charge is 0.321 e. The number of nitrogens with zero attached hydrogens (tertiary/aromatic N) is 1. The third-order valence-corrected chi connectivity index (χ3v) is 4.91. The molecule has 3 unspecified atom stereocenters. The highest BCUT2D eigenvalue weighted by molar-refractivity contribution is 5.74. The Morgan fingerprint density at radius 1 is 1.25 bits per heavy atom. The maximum atomic E-state index is 11.6. The van der Waals surface area contributed by atoms with Crippen molar-refractivity contribution in [3.05, 3.63) is 34.9 Å². The minimum Gasteiger partial charge on any atom is -0.480 e. The van der Waals surface area contributed by atoms with Crippen LogP contribution in [0.5, 0.6) is 0 Å². The first-order valence-corrected chi connectivity index (χ1v) is 7.58. The number of carboxylic acid groups (broad SMARTS) is 1. The van der Waals surface area contributed by atoms with Gasteiger partial charge in [0.1, 0.15) is 6.04 Å². The second-order valence-electron chi connectivity index (χ2n) is 6.56. The van der Waals surface area contributed by atoms with Crippen LogP contribution in [0, 0.1) is 25.7 Å². The number of likely N-dealkylation sites (tertiary alicyclic amines) is 1. The fourth-order valence-electron chi connectivity index (χ4n) is 4.29. The minimum atomic E-state index is -0.635. The number of hydrogen-bond acceptors (Lipinski definition) is 2. The van der Waals surface area contributed by atoms with Crippen molar-refractivity contribution in [2.24, 2.45) is 11.8 Å². The molecule has 0 spiro atoms. The van der Waals surface area contributed by atoms with E-state index in [0.29, 0.717) is 11.8 Å². The van der Waals surface area contributed by atoms with Gasteiger partial charge in [0, 0.05) is 13.1 Å². The molecule has 3 rings (SSSR count). The quantitative estimate of drug-likeness (QED) is 0.920. The minimum absolute atomic E-state index is 0.275. The molecular formula is C17H23NO2. The van der Waals surface area contributed by atoms with Gasteiger partial charge in [-0.15, -0.1) is 0 Å². The van der Waals surface area contributed by atoms with E-state index in [-0.39, 0.29) is 6.04 Å². The third-order valence-electron chi connectivity index (χ3n) is 4.91. The van der Waals surface area contributed by atoms with E-state index in [1.165, 1.54) is 29.5 Å². The number of rotatable bonds is 3. The van der Waals surface area contributed by atoms with Gasteiger partial charge in [-0.05, 0) is 44.1 Å². The lowest BCUT2D eigenvalue weighted by molar-refractivity contribution is -0.143. The van der Waals surface area contributed by atoms with Gasteiger partial charge in [0.25, 0.3) is 0 Å². The number of aliphatic carboxylic acids is 1.